The number of rotatable bonds is 6. The Hall–Kier alpha value is -1.02. The third kappa shape index (κ3) is 4.24. The Morgan fingerprint density at radius 1 is 1.21 bits per heavy atom. The highest BCUT2D eigenvalue weighted by Gasteiger charge is 2.13. The predicted octanol–water partition coefficient (Wildman–Crippen LogP) is 4.13. The van der Waals surface area contributed by atoms with Gasteiger partial charge in [-0.25, -0.2) is 0 Å². The zero-order valence-corrected chi connectivity index (χ0v) is 12.7. The number of benzene rings is 1. The molecule has 0 bridgehead atoms. The third-order valence-electron chi connectivity index (χ3n) is 4.13. The molecule has 2 nitrogen and oxygen atoms in total. The largest absolute Gasteiger partial charge is 0.382 e. The molecule has 19 heavy (non-hydrogen) atoms. The summed E-state index contributed by atoms with van der Waals surface area (Å²) in [5.74, 6) is 0.673. The fourth-order valence-electron chi connectivity index (χ4n) is 2.91. The van der Waals surface area contributed by atoms with Gasteiger partial charge in [-0.1, -0.05) is 32.9 Å². The van der Waals surface area contributed by atoms with Gasteiger partial charge in [0.25, 0.3) is 0 Å². The van der Waals surface area contributed by atoms with Crippen LogP contribution in [0.5, 0.6) is 0 Å². The van der Waals surface area contributed by atoms with Gasteiger partial charge < -0.3 is 5.32 Å². The molecular weight excluding hydrogens is 232 g/mol. The summed E-state index contributed by atoms with van der Waals surface area (Å²) in [5, 5.41) is 3.67. The Balaban J connectivity index is 1.97. The lowest BCUT2D eigenvalue weighted by Gasteiger charge is -2.23. The van der Waals surface area contributed by atoms with Gasteiger partial charge in [0.15, 0.2) is 0 Å². The second kappa shape index (κ2) is 6.95. The van der Waals surface area contributed by atoms with Gasteiger partial charge in [0, 0.05) is 18.3 Å². The van der Waals surface area contributed by atoms with Crippen LogP contribution in [0.15, 0.2) is 24.3 Å². The van der Waals surface area contributed by atoms with Crippen LogP contribution in [-0.2, 0) is 6.54 Å². The van der Waals surface area contributed by atoms with Crippen molar-refractivity contribution in [2.75, 3.05) is 18.4 Å². The van der Waals surface area contributed by atoms with Crippen LogP contribution in [0.25, 0.3) is 0 Å². The summed E-state index contributed by atoms with van der Waals surface area (Å²) in [6.45, 7) is 10.5. The van der Waals surface area contributed by atoms with Crippen molar-refractivity contribution in [2.45, 2.75) is 52.6 Å². The number of hydrogen-bond donors (Lipinski definition) is 1. The van der Waals surface area contributed by atoms with Gasteiger partial charge in [-0.3, -0.25) is 4.90 Å². The maximum atomic E-state index is 3.67. The first-order valence-corrected chi connectivity index (χ1v) is 7.77. The first-order valence-electron chi connectivity index (χ1n) is 7.77. The molecule has 0 amide bonds. The maximum Gasteiger partial charge on any atom is 0.0345 e. The van der Waals surface area contributed by atoms with Crippen molar-refractivity contribution in [3.63, 3.8) is 0 Å². The van der Waals surface area contributed by atoms with E-state index in [1.807, 2.05) is 0 Å². The quantitative estimate of drug-likeness (QED) is 0.827. The minimum atomic E-state index is 0.571. The Morgan fingerprint density at radius 2 is 1.95 bits per heavy atom. The molecule has 2 heteroatoms. The van der Waals surface area contributed by atoms with Crippen LogP contribution in [-0.4, -0.2) is 24.0 Å². The SMILES string of the molecule is CCC(Nc1cccc(CN2CCCC2)c1)C(C)C. The first-order chi connectivity index (χ1) is 9.19. The third-order valence-corrected chi connectivity index (χ3v) is 4.13. The highest BCUT2D eigenvalue weighted by molar-refractivity contribution is 5.46. The Morgan fingerprint density at radius 3 is 2.58 bits per heavy atom. The highest BCUT2D eigenvalue weighted by atomic mass is 15.1. The molecule has 106 valence electrons. The van der Waals surface area contributed by atoms with Gasteiger partial charge in [0.05, 0.1) is 0 Å². The molecule has 1 heterocycles. The normalized spacial score (nSPS) is 17.9. The average molecular weight is 260 g/mol. The number of likely N-dealkylation sites (tertiary alicyclic amines) is 1. The molecule has 1 atom stereocenters. The first kappa shape index (κ1) is 14.4. The monoisotopic (exact) mass is 260 g/mol. The van der Waals surface area contributed by atoms with Gasteiger partial charge in [0.2, 0.25) is 0 Å². The van der Waals surface area contributed by atoms with Crippen LogP contribution in [0.4, 0.5) is 5.69 Å². The topological polar surface area (TPSA) is 15.3 Å². The van der Waals surface area contributed by atoms with Crippen molar-refractivity contribution < 1.29 is 0 Å². The lowest BCUT2D eigenvalue weighted by atomic mass is 10.0. The molecule has 1 N–H and O–H groups in total. The van der Waals surface area contributed by atoms with Gasteiger partial charge in [-0.05, 0) is 56.0 Å². The average Bonchev–Trinajstić information content (AvgIpc) is 2.89. The smallest absolute Gasteiger partial charge is 0.0345 e. The molecule has 0 spiro atoms. The second-order valence-corrected chi connectivity index (χ2v) is 6.09. The lowest BCUT2D eigenvalue weighted by Crippen LogP contribution is -2.24. The van der Waals surface area contributed by atoms with E-state index in [1.165, 1.54) is 43.6 Å². The van der Waals surface area contributed by atoms with Gasteiger partial charge in [-0.15, -0.1) is 0 Å². The summed E-state index contributed by atoms with van der Waals surface area (Å²) in [4.78, 5) is 2.55. The van der Waals surface area contributed by atoms with E-state index >= 15 is 0 Å². The van der Waals surface area contributed by atoms with Crippen LogP contribution in [0.3, 0.4) is 0 Å². The molecule has 1 saturated heterocycles. The number of anilines is 1. The molecule has 0 aromatic heterocycles. The summed E-state index contributed by atoms with van der Waals surface area (Å²) in [5.41, 5.74) is 2.71. The fraction of sp³-hybridized carbons (Fsp3) is 0.647. The Bertz CT molecular complexity index is 381. The van der Waals surface area contributed by atoms with E-state index in [0.29, 0.717) is 12.0 Å². The molecule has 1 aromatic rings. The molecule has 1 aliphatic heterocycles. The van der Waals surface area contributed by atoms with Gasteiger partial charge in [0.1, 0.15) is 0 Å². The Kier molecular flexibility index (Phi) is 5.26. The van der Waals surface area contributed by atoms with Crippen LogP contribution in [0.2, 0.25) is 0 Å². The molecule has 1 aromatic carbocycles. The predicted molar refractivity (Wildman–Crippen MR) is 83.5 cm³/mol. The summed E-state index contributed by atoms with van der Waals surface area (Å²) in [6, 6.07) is 9.52. The second-order valence-electron chi connectivity index (χ2n) is 6.09. The van der Waals surface area contributed by atoms with E-state index in [2.05, 4.69) is 55.3 Å². The molecule has 0 radical (unpaired) electrons. The van der Waals surface area contributed by atoms with Crippen LogP contribution < -0.4 is 5.32 Å². The molecule has 1 unspecified atom stereocenters. The standard InChI is InChI=1S/C17H28N2/c1-4-17(14(2)3)18-16-9-7-8-15(12-16)13-19-10-5-6-11-19/h7-9,12,14,17-18H,4-6,10-11,13H2,1-3H3. The number of nitrogens with one attached hydrogen (secondary N) is 1. The Labute approximate surface area is 118 Å². The maximum absolute atomic E-state index is 3.67. The van der Waals surface area contributed by atoms with Crippen molar-refractivity contribution in [3.8, 4) is 0 Å². The van der Waals surface area contributed by atoms with E-state index < -0.39 is 0 Å². The molecule has 1 fully saturated rings. The van der Waals surface area contributed by atoms with E-state index in [-0.39, 0.29) is 0 Å². The minimum absolute atomic E-state index is 0.571. The summed E-state index contributed by atoms with van der Waals surface area (Å²) in [7, 11) is 0. The van der Waals surface area contributed by atoms with Crippen molar-refractivity contribution in [1.82, 2.24) is 4.90 Å². The van der Waals surface area contributed by atoms with Crippen molar-refractivity contribution in [3.05, 3.63) is 29.8 Å². The lowest BCUT2D eigenvalue weighted by molar-refractivity contribution is 0.331. The van der Waals surface area contributed by atoms with Gasteiger partial charge in [-0.2, -0.15) is 0 Å². The van der Waals surface area contributed by atoms with E-state index in [4.69, 9.17) is 0 Å². The highest BCUT2D eigenvalue weighted by Crippen LogP contribution is 2.19. The molecule has 1 aliphatic rings. The summed E-state index contributed by atoms with van der Waals surface area (Å²) < 4.78 is 0. The molecular formula is C17H28N2. The van der Waals surface area contributed by atoms with E-state index in [1.54, 1.807) is 0 Å². The summed E-state index contributed by atoms with van der Waals surface area (Å²) >= 11 is 0. The fourth-order valence-corrected chi connectivity index (χ4v) is 2.91. The molecule has 0 aliphatic carbocycles. The van der Waals surface area contributed by atoms with Gasteiger partial charge >= 0.3 is 0 Å². The van der Waals surface area contributed by atoms with Crippen molar-refractivity contribution >= 4 is 5.69 Å². The van der Waals surface area contributed by atoms with Crippen molar-refractivity contribution in [2.24, 2.45) is 5.92 Å². The zero-order valence-electron chi connectivity index (χ0n) is 12.7. The number of nitrogens with zero attached hydrogens (tertiary/aromatic N) is 1. The molecule has 2 rings (SSSR count). The summed E-state index contributed by atoms with van der Waals surface area (Å²) in [6.07, 6.45) is 3.90. The number of hydrogen-bond acceptors (Lipinski definition) is 2. The van der Waals surface area contributed by atoms with Crippen LogP contribution in [0.1, 0.15) is 45.6 Å². The van der Waals surface area contributed by atoms with Crippen LogP contribution >= 0.6 is 0 Å². The van der Waals surface area contributed by atoms with E-state index in [0.717, 1.165) is 6.54 Å². The minimum Gasteiger partial charge on any atom is -0.382 e. The van der Waals surface area contributed by atoms with Crippen LogP contribution in [0, 0.1) is 5.92 Å². The van der Waals surface area contributed by atoms with E-state index in [9.17, 15) is 0 Å². The van der Waals surface area contributed by atoms with Crippen molar-refractivity contribution in [1.29, 1.82) is 0 Å². The molecule has 0 saturated carbocycles. The zero-order chi connectivity index (χ0) is 13.7.